The lowest BCUT2D eigenvalue weighted by Gasteiger charge is -2.08. The number of nitrogens with zero attached hydrogens (tertiary/aromatic N) is 1. The van der Waals surface area contributed by atoms with E-state index in [2.05, 4.69) is 10.3 Å². The molecule has 1 N–H and O–H groups in total. The van der Waals surface area contributed by atoms with Crippen molar-refractivity contribution in [3.8, 4) is 0 Å². The van der Waals surface area contributed by atoms with Gasteiger partial charge in [-0.3, -0.25) is 4.98 Å². The van der Waals surface area contributed by atoms with Crippen molar-refractivity contribution in [1.82, 2.24) is 10.3 Å². The first kappa shape index (κ1) is 13.8. The van der Waals surface area contributed by atoms with Gasteiger partial charge in [-0.15, -0.1) is 0 Å². The number of halogens is 3. The number of benzene rings is 1. The highest BCUT2D eigenvalue weighted by Crippen LogP contribution is 2.20. The highest BCUT2D eigenvalue weighted by Gasteiger charge is 2.25. The Morgan fingerprint density at radius 3 is 2.79 bits per heavy atom. The van der Waals surface area contributed by atoms with Crippen molar-refractivity contribution in [3.05, 3.63) is 42.1 Å². The summed E-state index contributed by atoms with van der Waals surface area (Å²) in [5, 5.41) is 4.06. The number of rotatable bonds is 5. The molecule has 0 aliphatic carbocycles. The molecule has 0 atom stereocenters. The van der Waals surface area contributed by atoms with E-state index in [0.717, 1.165) is 16.5 Å². The Hall–Kier alpha value is -1.62. The minimum Gasteiger partial charge on any atom is -0.313 e. The predicted molar refractivity (Wildman–Crippen MR) is 68.7 cm³/mol. The van der Waals surface area contributed by atoms with E-state index in [0.29, 0.717) is 13.1 Å². The molecule has 0 amide bonds. The van der Waals surface area contributed by atoms with Gasteiger partial charge in [-0.25, -0.2) is 0 Å². The molecule has 1 heterocycles. The third kappa shape index (κ3) is 4.52. The van der Waals surface area contributed by atoms with Crippen LogP contribution < -0.4 is 5.32 Å². The first-order valence-corrected chi connectivity index (χ1v) is 6.16. The summed E-state index contributed by atoms with van der Waals surface area (Å²) in [5.41, 5.74) is 1.97. The fourth-order valence-corrected chi connectivity index (χ4v) is 1.88. The van der Waals surface area contributed by atoms with E-state index in [1.165, 1.54) is 0 Å². The predicted octanol–water partition coefficient (Wildman–Crippen LogP) is 3.67. The Morgan fingerprint density at radius 2 is 2.00 bits per heavy atom. The van der Waals surface area contributed by atoms with Crippen LogP contribution in [0.25, 0.3) is 10.9 Å². The normalized spacial score (nSPS) is 11.9. The monoisotopic (exact) mass is 268 g/mol. The molecule has 2 aromatic rings. The summed E-state index contributed by atoms with van der Waals surface area (Å²) >= 11 is 0. The second-order valence-electron chi connectivity index (χ2n) is 4.43. The highest BCUT2D eigenvalue weighted by molar-refractivity contribution is 5.78. The van der Waals surface area contributed by atoms with Gasteiger partial charge < -0.3 is 5.32 Å². The van der Waals surface area contributed by atoms with Crippen LogP contribution in [0, 0.1) is 0 Å². The minimum atomic E-state index is -4.06. The lowest BCUT2D eigenvalue weighted by Crippen LogP contribution is -2.17. The van der Waals surface area contributed by atoms with E-state index < -0.39 is 12.6 Å². The maximum Gasteiger partial charge on any atom is 0.389 e. The summed E-state index contributed by atoms with van der Waals surface area (Å²) in [6.07, 6.45) is -2.95. The molecule has 0 aliphatic rings. The molecule has 1 aromatic carbocycles. The molecular weight excluding hydrogens is 253 g/mol. The largest absolute Gasteiger partial charge is 0.389 e. The van der Waals surface area contributed by atoms with E-state index in [-0.39, 0.29) is 6.42 Å². The summed E-state index contributed by atoms with van der Waals surface area (Å²) in [6.45, 7) is 0.938. The van der Waals surface area contributed by atoms with Crippen molar-refractivity contribution in [2.24, 2.45) is 0 Å². The van der Waals surface area contributed by atoms with Crippen molar-refractivity contribution < 1.29 is 13.2 Å². The molecular formula is C14H15F3N2. The minimum absolute atomic E-state index is 0.110. The van der Waals surface area contributed by atoms with E-state index in [1.54, 1.807) is 6.20 Å². The number of alkyl halides is 3. The van der Waals surface area contributed by atoms with Crippen molar-refractivity contribution in [2.45, 2.75) is 25.6 Å². The third-order valence-electron chi connectivity index (χ3n) is 2.81. The summed E-state index contributed by atoms with van der Waals surface area (Å²) < 4.78 is 35.8. The molecule has 2 nitrogen and oxygen atoms in total. The molecule has 5 heteroatoms. The number of nitrogens with one attached hydrogen (secondary N) is 1. The van der Waals surface area contributed by atoms with Gasteiger partial charge in [0, 0.05) is 24.5 Å². The lowest BCUT2D eigenvalue weighted by atomic mass is 10.1. The van der Waals surface area contributed by atoms with Gasteiger partial charge in [-0.05, 0) is 36.7 Å². The van der Waals surface area contributed by atoms with Gasteiger partial charge in [0.15, 0.2) is 0 Å². The first-order chi connectivity index (χ1) is 9.04. The summed E-state index contributed by atoms with van der Waals surface area (Å²) in [6, 6.07) is 9.69. The molecule has 0 spiro atoms. The molecule has 1 aromatic heterocycles. The summed E-state index contributed by atoms with van der Waals surface area (Å²) in [7, 11) is 0. The quantitative estimate of drug-likeness (QED) is 0.837. The molecule has 0 bridgehead atoms. The fourth-order valence-electron chi connectivity index (χ4n) is 1.88. The van der Waals surface area contributed by atoms with Crippen LogP contribution in [-0.4, -0.2) is 17.7 Å². The van der Waals surface area contributed by atoms with Gasteiger partial charge in [0.05, 0.1) is 5.52 Å². The lowest BCUT2D eigenvalue weighted by molar-refractivity contribution is -0.135. The van der Waals surface area contributed by atoms with Gasteiger partial charge in [-0.1, -0.05) is 12.1 Å². The molecule has 0 unspecified atom stereocenters. The maximum absolute atomic E-state index is 11.9. The van der Waals surface area contributed by atoms with Gasteiger partial charge in [0.1, 0.15) is 0 Å². The van der Waals surface area contributed by atoms with Crippen molar-refractivity contribution in [1.29, 1.82) is 0 Å². The Labute approximate surface area is 109 Å². The van der Waals surface area contributed by atoms with Gasteiger partial charge in [0.2, 0.25) is 0 Å². The van der Waals surface area contributed by atoms with Gasteiger partial charge in [-0.2, -0.15) is 13.2 Å². The molecule has 0 fully saturated rings. The van der Waals surface area contributed by atoms with Gasteiger partial charge in [0.25, 0.3) is 0 Å². The van der Waals surface area contributed by atoms with Gasteiger partial charge >= 0.3 is 6.18 Å². The van der Waals surface area contributed by atoms with Crippen LogP contribution in [0.15, 0.2) is 36.5 Å². The molecule has 0 saturated heterocycles. The highest BCUT2D eigenvalue weighted by atomic mass is 19.4. The Balaban J connectivity index is 1.82. The summed E-state index contributed by atoms with van der Waals surface area (Å²) in [4.78, 5) is 4.21. The molecule has 2 rings (SSSR count). The SMILES string of the molecule is FC(F)(F)CCCNCc1ccc2ncccc2c1. The number of hydrogen-bond donors (Lipinski definition) is 1. The average Bonchev–Trinajstić information content (AvgIpc) is 2.37. The molecule has 0 radical (unpaired) electrons. The zero-order valence-corrected chi connectivity index (χ0v) is 10.4. The molecule has 0 saturated carbocycles. The first-order valence-electron chi connectivity index (χ1n) is 6.16. The standard InChI is InChI=1S/C14H15F3N2/c15-14(16,17)6-2-7-18-10-11-4-5-13-12(9-11)3-1-8-19-13/h1,3-5,8-9,18H,2,6-7,10H2. The van der Waals surface area contributed by atoms with E-state index in [1.807, 2.05) is 30.3 Å². The van der Waals surface area contributed by atoms with Crippen LogP contribution in [-0.2, 0) is 6.54 Å². The Bertz CT molecular complexity index is 537. The summed E-state index contributed by atoms with van der Waals surface area (Å²) in [5.74, 6) is 0. The van der Waals surface area contributed by atoms with Crippen LogP contribution in [0.2, 0.25) is 0 Å². The van der Waals surface area contributed by atoms with Crippen molar-refractivity contribution in [3.63, 3.8) is 0 Å². The van der Waals surface area contributed by atoms with Crippen LogP contribution in [0.1, 0.15) is 18.4 Å². The molecule has 102 valence electrons. The smallest absolute Gasteiger partial charge is 0.313 e. The topological polar surface area (TPSA) is 24.9 Å². The second kappa shape index (κ2) is 6.02. The average molecular weight is 268 g/mol. The number of fused-ring (bicyclic) bond motifs is 1. The van der Waals surface area contributed by atoms with E-state index in [4.69, 9.17) is 0 Å². The van der Waals surface area contributed by atoms with Crippen molar-refractivity contribution in [2.75, 3.05) is 6.54 Å². The van der Waals surface area contributed by atoms with Crippen LogP contribution >= 0.6 is 0 Å². The zero-order chi connectivity index (χ0) is 13.7. The molecule has 0 aliphatic heterocycles. The van der Waals surface area contributed by atoms with Crippen molar-refractivity contribution >= 4 is 10.9 Å². The molecule has 19 heavy (non-hydrogen) atoms. The van der Waals surface area contributed by atoms with Crippen LogP contribution in [0.4, 0.5) is 13.2 Å². The van der Waals surface area contributed by atoms with E-state index >= 15 is 0 Å². The number of aromatic nitrogens is 1. The number of hydrogen-bond acceptors (Lipinski definition) is 2. The van der Waals surface area contributed by atoms with E-state index in [9.17, 15) is 13.2 Å². The zero-order valence-electron chi connectivity index (χ0n) is 10.4. The Kier molecular flexibility index (Phi) is 4.37. The van der Waals surface area contributed by atoms with Crippen LogP contribution in [0.3, 0.4) is 0 Å². The number of pyridine rings is 1. The Morgan fingerprint density at radius 1 is 1.16 bits per heavy atom. The third-order valence-corrected chi connectivity index (χ3v) is 2.81. The van der Waals surface area contributed by atoms with Crippen LogP contribution in [0.5, 0.6) is 0 Å². The maximum atomic E-state index is 11.9. The second-order valence-corrected chi connectivity index (χ2v) is 4.43. The fraction of sp³-hybridized carbons (Fsp3) is 0.357.